The van der Waals surface area contributed by atoms with E-state index in [0.717, 1.165) is 11.3 Å². The molecule has 0 aliphatic carbocycles. The molecule has 0 saturated carbocycles. The van der Waals surface area contributed by atoms with Crippen LogP contribution in [0.5, 0.6) is 5.75 Å². The first-order chi connectivity index (χ1) is 8.55. The van der Waals surface area contributed by atoms with Crippen LogP contribution in [0.3, 0.4) is 0 Å². The average molecular weight is 245 g/mol. The predicted molar refractivity (Wildman–Crippen MR) is 70.0 cm³/mol. The van der Waals surface area contributed by atoms with Crippen LogP contribution < -0.4 is 10.5 Å². The zero-order valence-electron chi connectivity index (χ0n) is 10.5. The lowest BCUT2D eigenvalue weighted by molar-refractivity contribution is 0.414. The summed E-state index contributed by atoms with van der Waals surface area (Å²) in [6.45, 7) is 1.80. The SMILES string of the molecule is COc1ccc(C(C)(N)c2ccccc2F)cc1. The highest BCUT2D eigenvalue weighted by Gasteiger charge is 2.26. The summed E-state index contributed by atoms with van der Waals surface area (Å²) in [7, 11) is 1.60. The molecule has 0 saturated heterocycles. The van der Waals surface area contributed by atoms with Crippen molar-refractivity contribution in [3.05, 3.63) is 65.5 Å². The molecule has 0 bridgehead atoms. The van der Waals surface area contributed by atoms with Crippen LogP contribution in [0.2, 0.25) is 0 Å². The zero-order chi connectivity index (χ0) is 13.2. The molecule has 2 nitrogen and oxygen atoms in total. The van der Waals surface area contributed by atoms with Crippen LogP contribution in [0, 0.1) is 5.82 Å². The van der Waals surface area contributed by atoms with Gasteiger partial charge in [-0.3, -0.25) is 0 Å². The minimum Gasteiger partial charge on any atom is -0.497 e. The summed E-state index contributed by atoms with van der Waals surface area (Å²) < 4.78 is 18.9. The van der Waals surface area contributed by atoms with E-state index in [-0.39, 0.29) is 5.82 Å². The Labute approximate surface area is 106 Å². The fourth-order valence-corrected chi connectivity index (χ4v) is 1.98. The van der Waals surface area contributed by atoms with E-state index in [4.69, 9.17) is 10.5 Å². The van der Waals surface area contributed by atoms with E-state index < -0.39 is 5.54 Å². The number of rotatable bonds is 3. The second-order valence-electron chi connectivity index (χ2n) is 4.41. The van der Waals surface area contributed by atoms with Crippen molar-refractivity contribution in [1.82, 2.24) is 0 Å². The molecule has 94 valence electrons. The van der Waals surface area contributed by atoms with Gasteiger partial charge in [0.25, 0.3) is 0 Å². The molecule has 2 rings (SSSR count). The smallest absolute Gasteiger partial charge is 0.128 e. The molecule has 1 unspecified atom stereocenters. The topological polar surface area (TPSA) is 35.2 Å². The van der Waals surface area contributed by atoms with Crippen molar-refractivity contribution in [2.45, 2.75) is 12.5 Å². The summed E-state index contributed by atoms with van der Waals surface area (Å²) in [4.78, 5) is 0. The van der Waals surface area contributed by atoms with Gasteiger partial charge in [0.1, 0.15) is 11.6 Å². The summed E-state index contributed by atoms with van der Waals surface area (Å²) >= 11 is 0. The molecule has 0 amide bonds. The Hall–Kier alpha value is -1.87. The number of ether oxygens (including phenoxy) is 1. The number of hydrogen-bond donors (Lipinski definition) is 1. The fraction of sp³-hybridized carbons (Fsp3) is 0.200. The van der Waals surface area contributed by atoms with Gasteiger partial charge in [-0.2, -0.15) is 0 Å². The van der Waals surface area contributed by atoms with Crippen LogP contribution in [-0.2, 0) is 5.54 Å². The Morgan fingerprint density at radius 1 is 1.06 bits per heavy atom. The predicted octanol–water partition coefficient (Wildman–Crippen LogP) is 3.06. The lowest BCUT2D eigenvalue weighted by Gasteiger charge is -2.26. The Morgan fingerprint density at radius 2 is 1.67 bits per heavy atom. The summed E-state index contributed by atoms with van der Waals surface area (Å²) in [5, 5.41) is 0. The molecule has 0 radical (unpaired) electrons. The van der Waals surface area contributed by atoms with Gasteiger partial charge >= 0.3 is 0 Å². The number of halogens is 1. The van der Waals surface area contributed by atoms with E-state index >= 15 is 0 Å². The first kappa shape index (κ1) is 12.6. The maximum atomic E-state index is 13.8. The number of hydrogen-bond acceptors (Lipinski definition) is 2. The van der Waals surface area contributed by atoms with Crippen LogP contribution in [0.15, 0.2) is 48.5 Å². The van der Waals surface area contributed by atoms with Crippen molar-refractivity contribution < 1.29 is 9.13 Å². The van der Waals surface area contributed by atoms with Gasteiger partial charge in [0.2, 0.25) is 0 Å². The molecule has 0 fully saturated rings. The van der Waals surface area contributed by atoms with Crippen molar-refractivity contribution in [2.75, 3.05) is 7.11 Å². The fourth-order valence-electron chi connectivity index (χ4n) is 1.98. The van der Waals surface area contributed by atoms with Gasteiger partial charge in [0.15, 0.2) is 0 Å². The van der Waals surface area contributed by atoms with Crippen LogP contribution in [0.4, 0.5) is 4.39 Å². The van der Waals surface area contributed by atoms with E-state index in [1.807, 2.05) is 24.3 Å². The summed E-state index contributed by atoms with van der Waals surface area (Å²) in [6.07, 6.45) is 0. The molecule has 1 atom stereocenters. The largest absolute Gasteiger partial charge is 0.497 e. The molecular weight excluding hydrogens is 229 g/mol. The van der Waals surface area contributed by atoms with Gasteiger partial charge in [-0.05, 0) is 30.7 Å². The quantitative estimate of drug-likeness (QED) is 0.902. The van der Waals surface area contributed by atoms with Crippen molar-refractivity contribution >= 4 is 0 Å². The van der Waals surface area contributed by atoms with Gasteiger partial charge in [-0.1, -0.05) is 30.3 Å². The van der Waals surface area contributed by atoms with E-state index in [1.165, 1.54) is 6.07 Å². The van der Waals surface area contributed by atoms with Crippen molar-refractivity contribution in [3.63, 3.8) is 0 Å². The molecule has 0 aromatic heterocycles. The van der Waals surface area contributed by atoms with Gasteiger partial charge in [0, 0.05) is 5.56 Å². The highest BCUT2D eigenvalue weighted by molar-refractivity contribution is 5.40. The monoisotopic (exact) mass is 245 g/mol. The van der Waals surface area contributed by atoms with Gasteiger partial charge in [0.05, 0.1) is 12.6 Å². The molecule has 18 heavy (non-hydrogen) atoms. The third kappa shape index (κ3) is 2.22. The molecule has 0 aliphatic rings. The minimum absolute atomic E-state index is 0.293. The minimum atomic E-state index is -0.863. The molecule has 2 N–H and O–H groups in total. The third-order valence-electron chi connectivity index (χ3n) is 3.12. The third-order valence-corrected chi connectivity index (χ3v) is 3.12. The lowest BCUT2D eigenvalue weighted by atomic mass is 9.85. The lowest BCUT2D eigenvalue weighted by Crippen LogP contribution is -2.35. The summed E-state index contributed by atoms with van der Waals surface area (Å²) in [6, 6.07) is 13.9. The second-order valence-corrected chi connectivity index (χ2v) is 4.41. The molecule has 3 heteroatoms. The van der Waals surface area contributed by atoms with Crippen LogP contribution >= 0.6 is 0 Å². The van der Waals surface area contributed by atoms with Gasteiger partial charge in [-0.25, -0.2) is 4.39 Å². The molecule has 2 aromatic carbocycles. The van der Waals surface area contributed by atoms with E-state index in [1.54, 1.807) is 32.2 Å². The molecule has 0 aliphatic heterocycles. The Kier molecular flexibility index (Phi) is 3.34. The molecule has 0 heterocycles. The Morgan fingerprint density at radius 3 is 2.22 bits per heavy atom. The molecular formula is C15H16FNO. The van der Waals surface area contributed by atoms with Crippen LogP contribution in [0.1, 0.15) is 18.1 Å². The summed E-state index contributed by atoms with van der Waals surface area (Å²) in [5.41, 5.74) is 6.73. The second kappa shape index (κ2) is 4.78. The average Bonchev–Trinajstić information content (AvgIpc) is 2.39. The standard InChI is InChI=1S/C15H16FNO/c1-15(17,13-5-3-4-6-14(13)16)11-7-9-12(18-2)10-8-11/h3-10H,17H2,1-2H3. The zero-order valence-corrected chi connectivity index (χ0v) is 10.5. The van der Waals surface area contributed by atoms with Crippen LogP contribution in [0.25, 0.3) is 0 Å². The van der Waals surface area contributed by atoms with E-state index in [2.05, 4.69) is 0 Å². The van der Waals surface area contributed by atoms with Crippen molar-refractivity contribution in [2.24, 2.45) is 5.73 Å². The van der Waals surface area contributed by atoms with Gasteiger partial charge in [-0.15, -0.1) is 0 Å². The molecule has 2 aromatic rings. The van der Waals surface area contributed by atoms with E-state index in [0.29, 0.717) is 5.56 Å². The molecule has 0 spiro atoms. The van der Waals surface area contributed by atoms with Crippen molar-refractivity contribution in [3.8, 4) is 5.75 Å². The Bertz CT molecular complexity index is 534. The highest BCUT2D eigenvalue weighted by atomic mass is 19.1. The first-order valence-corrected chi connectivity index (χ1v) is 5.74. The number of benzene rings is 2. The maximum absolute atomic E-state index is 13.8. The normalized spacial score (nSPS) is 14.0. The highest BCUT2D eigenvalue weighted by Crippen LogP contribution is 2.29. The maximum Gasteiger partial charge on any atom is 0.128 e. The van der Waals surface area contributed by atoms with Crippen LogP contribution in [-0.4, -0.2) is 7.11 Å². The van der Waals surface area contributed by atoms with Crippen molar-refractivity contribution in [1.29, 1.82) is 0 Å². The number of nitrogens with two attached hydrogens (primary N) is 1. The summed E-state index contributed by atoms with van der Waals surface area (Å²) in [5.74, 6) is 0.460. The van der Waals surface area contributed by atoms with Gasteiger partial charge < -0.3 is 10.5 Å². The Balaban J connectivity index is 2.44. The number of methoxy groups -OCH3 is 1. The first-order valence-electron chi connectivity index (χ1n) is 5.74. The van der Waals surface area contributed by atoms with E-state index in [9.17, 15) is 4.39 Å².